The number of hydrogen-bond acceptors (Lipinski definition) is 4. The van der Waals surface area contributed by atoms with Crippen LogP contribution in [0.4, 0.5) is 13.2 Å². The molecule has 2 heterocycles. The van der Waals surface area contributed by atoms with Crippen molar-refractivity contribution in [3.63, 3.8) is 0 Å². The van der Waals surface area contributed by atoms with Gasteiger partial charge in [-0.05, 0) is 48.5 Å². The number of nitrogens with zero attached hydrogens (tertiary/aromatic N) is 3. The summed E-state index contributed by atoms with van der Waals surface area (Å²) >= 11 is 0. The maximum absolute atomic E-state index is 13.3. The molecule has 0 amide bonds. The highest BCUT2D eigenvalue weighted by molar-refractivity contribution is 5.94. The summed E-state index contributed by atoms with van der Waals surface area (Å²) in [4.78, 5) is 12.4. The third-order valence-corrected chi connectivity index (χ3v) is 4.16. The van der Waals surface area contributed by atoms with Crippen LogP contribution >= 0.6 is 0 Å². The van der Waals surface area contributed by atoms with Crippen LogP contribution in [0.15, 0.2) is 67.1 Å². The third kappa shape index (κ3) is 3.19. The van der Waals surface area contributed by atoms with Gasteiger partial charge in [-0.25, -0.2) is 9.97 Å². The highest BCUT2D eigenvalue weighted by Crippen LogP contribution is 2.37. The van der Waals surface area contributed by atoms with Gasteiger partial charge in [0.25, 0.3) is 0 Å². The van der Waals surface area contributed by atoms with Crippen molar-refractivity contribution in [2.45, 2.75) is 6.18 Å². The van der Waals surface area contributed by atoms with E-state index < -0.39 is 11.7 Å². The van der Waals surface area contributed by atoms with Crippen molar-refractivity contribution >= 4 is 10.9 Å². The average molecular weight is 367 g/mol. The fraction of sp³-hybridized carbons (Fsp3) is 0.0500. The van der Waals surface area contributed by atoms with Crippen molar-refractivity contribution < 1.29 is 18.3 Å². The Bertz CT molecular complexity index is 1130. The first-order valence-corrected chi connectivity index (χ1v) is 8.00. The predicted molar refractivity (Wildman–Crippen MR) is 94.9 cm³/mol. The number of rotatable bonds is 2. The molecule has 0 atom stereocenters. The number of phenolic OH excluding ortho intramolecular Hbond substituents is 1. The molecule has 27 heavy (non-hydrogen) atoms. The standard InChI is InChI=1S/C20H12F3N3O/c21-20(22,23)16-2-1-9-24-19(16)13-5-8-15-17(10-13)25-11-26-18(15)12-3-6-14(27)7-4-12/h1-11,27H. The summed E-state index contributed by atoms with van der Waals surface area (Å²) in [7, 11) is 0. The van der Waals surface area contributed by atoms with E-state index in [-0.39, 0.29) is 11.4 Å². The third-order valence-electron chi connectivity index (χ3n) is 4.16. The number of halogens is 3. The molecule has 0 radical (unpaired) electrons. The van der Waals surface area contributed by atoms with Gasteiger partial charge >= 0.3 is 6.18 Å². The summed E-state index contributed by atoms with van der Waals surface area (Å²) in [5, 5.41) is 10.1. The Morgan fingerprint density at radius 1 is 0.778 bits per heavy atom. The van der Waals surface area contributed by atoms with Gasteiger partial charge in [0.05, 0.1) is 22.5 Å². The summed E-state index contributed by atoms with van der Waals surface area (Å²) in [5.41, 5.74) is 1.29. The zero-order chi connectivity index (χ0) is 19.0. The van der Waals surface area contributed by atoms with E-state index in [0.717, 1.165) is 11.6 Å². The monoisotopic (exact) mass is 367 g/mol. The highest BCUT2D eigenvalue weighted by Gasteiger charge is 2.34. The second-order valence-electron chi connectivity index (χ2n) is 5.90. The van der Waals surface area contributed by atoms with Crippen LogP contribution in [-0.4, -0.2) is 20.1 Å². The number of benzene rings is 2. The van der Waals surface area contributed by atoms with E-state index in [2.05, 4.69) is 15.0 Å². The highest BCUT2D eigenvalue weighted by atomic mass is 19.4. The van der Waals surface area contributed by atoms with E-state index >= 15 is 0 Å². The fourth-order valence-electron chi connectivity index (χ4n) is 2.92. The summed E-state index contributed by atoms with van der Waals surface area (Å²) in [5.74, 6) is 0.134. The van der Waals surface area contributed by atoms with Gasteiger partial charge in [0.15, 0.2) is 0 Å². The minimum Gasteiger partial charge on any atom is -0.508 e. The number of fused-ring (bicyclic) bond motifs is 1. The van der Waals surface area contributed by atoms with E-state index in [0.29, 0.717) is 22.2 Å². The second-order valence-corrected chi connectivity index (χ2v) is 5.90. The van der Waals surface area contributed by atoms with Crippen LogP contribution in [-0.2, 0) is 6.18 Å². The van der Waals surface area contributed by atoms with Crippen LogP contribution < -0.4 is 0 Å². The number of pyridine rings is 1. The molecule has 0 aliphatic heterocycles. The van der Waals surface area contributed by atoms with Gasteiger partial charge in [-0.15, -0.1) is 0 Å². The van der Waals surface area contributed by atoms with Gasteiger partial charge in [-0.3, -0.25) is 4.98 Å². The molecule has 1 N–H and O–H groups in total. The van der Waals surface area contributed by atoms with E-state index in [9.17, 15) is 18.3 Å². The lowest BCUT2D eigenvalue weighted by atomic mass is 10.0. The molecule has 4 aromatic rings. The fourth-order valence-corrected chi connectivity index (χ4v) is 2.92. The van der Waals surface area contributed by atoms with Gasteiger partial charge in [-0.1, -0.05) is 6.07 Å². The molecule has 0 unspecified atom stereocenters. The van der Waals surface area contributed by atoms with E-state index in [1.54, 1.807) is 42.5 Å². The summed E-state index contributed by atoms with van der Waals surface area (Å²) < 4.78 is 39.8. The van der Waals surface area contributed by atoms with Crippen LogP contribution in [0, 0.1) is 0 Å². The van der Waals surface area contributed by atoms with E-state index in [4.69, 9.17) is 0 Å². The molecule has 0 aliphatic rings. The number of aromatic nitrogens is 3. The van der Waals surface area contributed by atoms with Gasteiger partial charge in [-0.2, -0.15) is 13.2 Å². The molecule has 0 saturated carbocycles. The normalized spacial score (nSPS) is 11.7. The first-order valence-electron chi connectivity index (χ1n) is 8.00. The lowest BCUT2D eigenvalue weighted by molar-refractivity contribution is -0.137. The van der Waals surface area contributed by atoms with Crippen molar-refractivity contribution in [3.05, 3.63) is 72.7 Å². The molecule has 2 aromatic carbocycles. The maximum atomic E-state index is 13.3. The molecule has 7 heteroatoms. The first-order chi connectivity index (χ1) is 12.9. The minimum absolute atomic E-state index is 0.134. The van der Waals surface area contributed by atoms with Gasteiger partial charge < -0.3 is 5.11 Å². The topological polar surface area (TPSA) is 58.9 Å². The molecular formula is C20H12F3N3O. The van der Waals surface area contributed by atoms with Crippen molar-refractivity contribution in [2.75, 3.05) is 0 Å². The van der Waals surface area contributed by atoms with Crippen molar-refractivity contribution in [1.82, 2.24) is 15.0 Å². The van der Waals surface area contributed by atoms with Crippen molar-refractivity contribution in [2.24, 2.45) is 0 Å². The van der Waals surface area contributed by atoms with Crippen molar-refractivity contribution in [1.29, 1.82) is 0 Å². The average Bonchev–Trinajstić information content (AvgIpc) is 2.67. The Hall–Kier alpha value is -3.48. The van der Waals surface area contributed by atoms with Gasteiger partial charge in [0.1, 0.15) is 12.1 Å². The first kappa shape index (κ1) is 17.0. The van der Waals surface area contributed by atoms with E-state index in [1.165, 1.54) is 18.6 Å². The molecule has 134 valence electrons. The molecule has 0 bridgehead atoms. The Morgan fingerprint density at radius 2 is 1.52 bits per heavy atom. The zero-order valence-corrected chi connectivity index (χ0v) is 13.8. The van der Waals surface area contributed by atoms with Crippen LogP contribution in [0.25, 0.3) is 33.4 Å². The minimum atomic E-state index is -4.50. The zero-order valence-electron chi connectivity index (χ0n) is 13.8. The Balaban J connectivity index is 1.87. The summed E-state index contributed by atoms with van der Waals surface area (Å²) in [6, 6.07) is 13.6. The number of hydrogen-bond donors (Lipinski definition) is 1. The Morgan fingerprint density at radius 3 is 2.26 bits per heavy atom. The number of phenols is 1. The SMILES string of the molecule is Oc1ccc(-c2ncnc3cc(-c4ncccc4C(F)(F)F)ccc23)cc1. The van der Waals surface area contributed by atoms with E-state index in [1.807, 2.05) is 0 Å². The molecule has 0 spiro atoms. The number of alkyl halides is 3. The van der Waals surface area contributed by atoms with Crippen LogP contribution in [0.1, 0.15) is 5.56 Å². The van der Waals surface area contributed by atoms with Crippen LogP contribution in [0.2, 0.25) is 0 Å². The van der Waals surface area contributed by atoms with Crippen LogP contribution in [0.3, 0.4) is 0 Å². The molecule has 0 aliphatic carbocycles. The second kappa shape index (κ2) is 6.35. The lowest BCUT2D eigenvalue weighted by Gasteiger charge is -2.12. The van der Waals surface area contributed by atoms with Gasteiger partial charge in [0, 0.05) is 22.7 Å². The summed E-state index contributed by atoms with van der Waals surface area (Å²) in [6.45, 7) is 0. The largest absolute Gasteiger partial charge is 0.508 e. The molecule has 4 rings (SSSR count). The van der Waals surface area contributed by atoms with Crippen LogP contribution in [0.5, 0.6) is 5.75 Å². The Kier molecular flexibility index (Phi) is 3.99. The quantitative estimate of drug-likeness (QED) is 0.537. The maximum Gasteiger partial charge on any atom is 0.418 e. The number of aromatic hydroxyl groups is 1. The van der Waals surface area contributed by atoms with Crippen molar-refractivity contribution in [3.8, 4) is 28.3 Å². The predicted octanol–water partition coefficient (Wildman–Crippen LogP) is 5.08. The smallest absolute Gasteiger partial charge is 0.418 e. The molecule has 0 saturated heterocycles. The molecular weight excluding hydrogens is 355 g/mol. The molecule has 2 aromatic heterocycles. The summed E-state index contributed by atoms with van der Waals surface area (Å²) in [6.07, 6.45) is -1.81. The van der Waals surface area contributed by atoms with Gasteiger partial charge in [0.2, 0.25) is 0 Å². The Labute approximate surface area is 152 Å². The molecule has 0 fully saturated rings. The lowest BCUT2D eigenvalue weighted by Crippen LogP contribution is -2.08. The molecule has 4 nitrogen and oxygen atoms in total.